The fourth-order valence-electron chi connectivity index (χ4n) is 2.00. The van der Waals surface area contributed by atoms with Crippen LogP contribution in [0.3, 0.4) is 0 Å². The van der Waals surface area contributed by atoms with Crippen molar-refractivity contribution in [2.75, 3.05) is 0 Å². The van der Waals surface area contributed by atoms with E-state index in [0.717, 1.165) is 12.8 Å². The number of rotatable bonds is 4. The Kier molecular flexibility index (Phi) is 4.63. The first-order valence-electron chi connectivity index (χ1n) is 5.76. The number of cyclic esters (lactones) is 1. The molecule has 1 rings (SSSR count). The fraction of sp³-hybridized carbons (Fsp3) is 0.917. The zero-order valence-corrected chi connectivity index (χ0v) is 11.6. The van der Waals surface area contributed by atoms with Crippen molar-refractivity contribution in [2.24, 2.45) is 17.8 Å². The van der Waals surface area contributed by atoms with Gasteiger partial charge >= 0.3 is 5.97 Å². The molecule has 1 aliphatic rings. The molecule has 0 bridgehead atoms. The minimum Gasteiger partial charge on any atom is -0.461 e. The van der Waals surface area contributed by atoms with E-state index >= 15 is 0 Å². The third kappa shape index (κ3) is 3.47. The molecular formula is C12H21BrO2. The van der Waals surface area contributed by atoms with E-state index in [1.54, 1.807) is 0 Å². The van der Waals surface area contributed by atoms with E-state index in [9.17, 15) is 4.79 Å². The van der Waals surface area contributed by atoms with Crippen molar-refractivity contribution in [1.82, 2.24) is 0 Å². The van der Waals surface area contributed by atoms with Gasteiger partial charge in [0.15, 0.2) is 0 Å². The fourth-order valence-corrected chi connectivity index (χ4v) is 3.07. The summed E-state index contributed by atoms with van der Waals surface area (Å²) in [6.45, 7) is 8.54. The predicted molar refractivity (Wildman–Crippen MR) is 65.0 cm³/mol. The molecule has 1 aliphatic heterocycles. The summed E-state index contributed by atoms with van der Waals surface area (Å²) in [5, 5.41) is 0. The third-order valence-electron chi connectivity index (χ3n) is 2.96. The molecule has 0 aromatic heterocycles. The van der Waals surface area contributed by atoms with Crippen molar-refractivity contribution in [3.05, 3.63) is 0 Å². The number of alkyl halides is 1. The number of carbonyl (C=O) groups excluding carboxylic acids is 1. The standard InChI is InChI=1S/C12H21BrO2/c1-7(2)5-10(13)11-6-9(8(3)4)12(14)15-11/h7-11H,5-6H2,1-4H3/t9-,10-,11?/m0/s1. The van der Waals surface area contributed by atoms with Gasteiger partial charge in [-0.2, -0.15) is 0 Å². The zero-order valence-electron chi connectivity index (χ0n) is 10.00. The van der Waals surface area contributed by atoms with Crippen LogP contribution in [0.4, 0.5) is 0 Å². The molecule has 2 nitrogen and oxygen atoms in total. The maximum Gasteiger partial charge on any atom is 0.309 e. The summed E-state index contributed by atoms with van der Waals surface area (Å²) in [5.41, 5.74) is 0. The Hall–Kier alpha value is -0.0500. The molecule has 0 N–H and O–H groups in total. The van der Waals surface area contributed by atoms with E-state index in [1.165, 1.54) is 0 Å². The summed E-state index contributed by atoms with van der Waals surface area (Å²) in [4.78, 5) is 11.9. The molecule has 1 fully saturated rings. The largest absolute Gasteiger partial charge is 0.461 e. The number of hydrogen-bond acceptors (Lipinski definition) is 2. The van der Waals surface area contributed by atoms with Gasteiger partial charge in [-0.15, -0.1) is 0 Å². The minimum atomic E-state index is -0.0109. The van der Waals surface area contributed by atoms with E-state index < -0.39 is 0 Å². The van der Waals surface area contributed by atoms with Gasteiger partial charge in [0.25, 0.3) is 0 Å². The Morgan fingerprint density at radius 3 is 2.40 bits per heavy atom. The molecular weight excluding hydrogens is 256 g/mol. The van der Waals surface area contributed by atoms with Crippen LogP contribution in [-0.4, -0.2) is 16.9 Å². The molecule has 3 heteroatoms. The molecule has 15 heavy (non-hydrogen) atoms. The number of esters is 1. The topological polar surface area (TPSA) is 26.3 Å². The van der Waals surface area contributed by atoms with Crippen LogP contribution in [0.2, 0.25) is 0 Å². The molecule has 1 heterocycles. The van der Waals surface area contributed by atoms with Crippen LogP contribution in [0, 0.1) is 17.8 Å². The molecule has 0 amide bonds. The molecule has 88 valence electrons. The average Bonchev–Trinajstić information content (AvgIpc) is 2.46. The van der Waals surface area contributed by atoms with Gasteiger partial charge in [0.05, 0.1) is 10.7 Å². The lowest BCUT2D eigenvalue weighted by atomic mass is 9.91. The van der Waals surface area contributed by atoms with Crippen LogP contribution in [0.5, 0.6) is 0 Å². The Labute approximate surface area is 101 Å². The molecule has 1 unspecified atom stereocenters. The van der Waals surface area contributed by atoms with E-state index in [4.69, 9.17) is 4.74 Å². The van der Waals surface area contributed by atoms with Crippen molar-refractivity contribution >= 4 is 21.9 Å². The third-order valence-corrected chi connectivity index (χ3v) is 3.92. The van der Waals surface area contributed by atoms with Crippen molar-refractivity contribution in [2.45, 2.75) is 51.5 Å². The molecule has 0 spiro atoms. The Morgan fingerprint density at radius 1 is 1.40 bits per heavy atom. The first kappa shape index (κ1) is 13.0. The van der Waals surface area contributed by atoms with Gasteiger partial charge in [-0.3, -0.25) is 4.79 Å². The molecule has 0 saturated carbocycles. The molecule has 0 aromatic rings. The summed E-state index contributed by atoms with van der Waals surface area (Å²) in [7, 11) is 0. The summed E-state index contributed by atoms with van der Waals surface area (Å²) < 4.78 is 5.41. The maximum absolute atomic E-state index is 11.6. The second kappa shape index (κ2) is 5.33. The van der Waals surface area contributed by atoms with Crippen molar-refractivity contribution in [1.29, 1.82) is 0 Å². The lowest BCUT2D eigenvalue weighted by Crippen LogP contribution is -2.21. The van der Waals surface area contributed by atoms with Gasteiger partial charge in [-0.1, -0.05) is 43.6 Å². The highest BCUT2D eigenvalue weighted by molar-refractivity contribution is 9.09. The first-order chi connectivity index (χ1) is 6.91. The summed E-state index contributed by atoms with van der Waals surface area (Å²) >= 11 is 3.63. The Bertz CT molecular complexity index is 226. The predicted octanol–water partition coefficient (Wildman–Crippen LogP) is 3.38. The van der Waals surface area contributed by atoms with Crippen LogP contribution in [0.1, 0.15) is 40.5 Å². The first-order valence-corrected chi connectivity index (χ1v) is 6.68. The second-order valence-electron chi connectivity index (χ2n) is 5.21. The number of ether oxygens (including phenoxy) is 1. The normalized spacial score (nSPS) is 28.6. The van der Waals surface area contributed by atoms with E-state index in [0.29, 0.717) is 16.7 Å². The number of hydrogen-bond donors (Lipinski definition) is 0. The Balaban J connectivity index is 2.50. The van der Waals surface area contributed by atoms with Crippen molar-refractivity contribution in [3.8, 4) is 0 Å². The van der Waals surface area contributed by atoms with Gasteiger partial charge in [0, 0.05) is 0 Å². The van der Waals surface area contributed by atoms with Crippen LogP contribution in [0.25, 0.3) is 0 Å². The molecule has 0 aromatic carbocycles. The minimum absolute atomic E-state index is 0.0109. The van der Waals surface area contributed by atoms with Gasteiger partial charge in [-0.25, -0.2) is 0 Å². The smallest absolute Gasteiger partial charge is 0.309 e. The highest BCUT2D eigenvalue weighted by atomic mass is 79.9. The van der Waals surface area contributed by atoms with E-state index in [1.807, 2.05) is 0 Å². The van der Waals surface area contributed by atoms with Crippen molar-refractivity contribution < 1.29 is 9.53 Å². The summed E-state index contributed by atoms with van der Waals surface area (Å²) in [6.07, 6.45) is 2.01. The van der Waals surface area contributed by atoms with Gasteiger partial charge < -0.3 is 4.74 Å². The highest BCUT2D eigenvalue weighted by Gasteiger charge is 2.39. The lowest BCUT2D eigenvalue weighted by molar-refractivity contribution is -0.145. The van der Waals surface area contributed by atoms with Crippen LogP contribution >= 0.6 is 15.9 Å². The summed E-state index contributed by atoms with van der Waals surface area (Å²) in [5.74, 6) is 1.11. The molecule has 1 saturated heterocycles. The summed E-state index contributed by atoms with van der Waals surface area (Å²) in [6, 6.07) is 0. The SMILES string of the molecule is CC(C)C[C@H](Br)C1C[C@@H](C(C)C)C(=O)O1. The molecule has 3 atom stereocenters. The quantitative estimate of drug-likeness (QED) is 0.581. The van der Waals surface area contributed by atoms with Crippen LogP contribution in [0.15, 0.2) is 0 Å². The Morgan fingerprint density at radius 2 is 2.00 bits per heavy atom. The lowest BCUT2D eigenvalue weighted by Gasteiger charge is -2.18. The average molecular weight is 277 g/mol. The number of carbonyl (C=O) groups is 1. The maximum atomic E-state index is 11.6. The highest BCUT2D eigenvalue weighted by Crippen LogP contribution is 2.33. The molecule has 0 radical (unpaired) electrons. The van der Waals surface area contributed by atoms with Gasteiger partial charge in [0.2, 0.25) is 0 Å². The molecule has 0 aliphatic carbocycles. The monoisotopic (exact) mass is 276 g/mol. The van der Waals surface area contributed by atoms with Gasteiger partial charge in [0.1, 0.15) is 6.10 Å². The van der Waals surface area contributed by atoms with Gasteiger partial charge in [-0.05, 0) is 24.7 Å². The van der Waals surface area contributed by atoms with Crippen molar-refractivity contribution in [3.63, 3.8) is 0 Å². The van der Waals surface area contributed by atoms with Crippen LogP contribution < -0.4 is 0 Å². The zero-order chi connectivity index (χ0) is 11.6. The van der Waals surface area contributed by atoms with E-state index in [2.05, 4.69) is 43.6 Å². The van der Waals surface area contributed by atoms with E-state index in [-0.39, 0.29) is 18.0 Å². The van der Waals surface area contributed by atoms with Crippen LogP contribution in [-0.2, 0) is 9.53 Å². The number of halogens is 1. The second-order valence-corrected chi connectivity index (χ2v) is 6.38.